The topological polar surface area (TPSA) is 50.2 Å². The van der Waals surface area contributed by atoms with Crippen LogP contribution in [-0.2, 0) is 6.54 Å². The summed E-state index contributed by atoms with van der Waals surface area (Å²) in [5.41, 5.74) is 1.00. The Balaban J connectivity index is 1.87. The number of rotatable bonds is 8. The molecule has 0 saturated carbocycles. The van der Waals surface area contributed by atoms with Crippen LogP contribution >= 0.6 is 0 Å². The lowest BCUT2D eigenvalue weighted by Gasteiger charge is -2.18. The lowest BCUT2D eigenvalue weighted by molar-refractivity contribution is 0.433. The van der Waals surface area contributed by atoms with Crippen LogP contribution in [0, 0.1) is 0 Å². The molecule has 2 heterocycles. The van der Waals surface area contributed by atoms with Crippen LogP contribution in [0.25, 0.3) is 0 Å². The van der Waals surface area contributed by atoms with Gasteiger partial charge in [0.2, 0.25) is 0 Å². The Kier molecular flexibility index (Phi) is 6.23. The van der Waals surface area contributed by atoms with E-state index in [2.05, 4.69) is 29.2 Å². The molecule has 1 aliphatic heterocycles. The van der Waals surface area contributed by atoms with E-state index in [1.807, 2.05) is 6.20 Å². The Hall–Kier alpha value is -1.36. The number of nitrogens with one attached hydrogen (secondary N) is 1. The Morgan fingerprint density at radius 2 is 2.10 bits per heavy atom. The van der Waals surface area contributed by atoms with Crippen molar-refractivity contribution >= 4 is 5.69 Å². The standard InChI is InChI=1S/C16H28N4O/c1-3-14(17-4-2)8-7-11-20-16(21)12-15(13-18-20)19-9-5-6-10-19/h12-14,17H,3-11H2,1-2H3. The van der Waals surface area contributed by atoms with Gasteiger partial charge in [0.25, 0.3) is 5.56 Å². The van der Waals surface area contributed by atoms with Crippen LogP contribution in [0.1, 0.15) is 46.0 Å². The molecule has 0 amide bonds. The predicted molar refractivity (Wildman–Crippen MR) is 86.9 cm³/mol. The summed E-state index contributed by atoms with van der Waals surface area (Å²) in [6.45, 7) is 8.13. The second-order valence-corrected chi connectivity index (χ2v) is 5.77. The van der Waals surface area contributed by atoms with Gasteiger partial charge in [0.1, 0.15) is 0 Å². The molecule has 1 N–H and O–H groups in total. The van der Waals surface area contributed by atoms with Gasteiger partial charge in [-0.25, -0.2) is 4.68 Å². The van der Waals surface area contributed by atoms with Gasteiger partial charge in [0.15, 0.2) is 0 Å². The zero-order chi connectivity index (χ0) is 15.1. The van der Waals surface area contributed by atoms with Crippen molar-refractivity contribution in [1.29, 1.82) is 0 Å². The van der Waals surface area contributed by atoms with E-state index in [1.54, 1.807) is 10.7 Å². The molecule has 0 bridgehead atoms. The average Bonchev–Trinajstić information content (AvgIpc) is 3.02. The molecule has 0 aromatic carbocycles. The summed E-state index contributed by atoms with van der Waals surface area (Å²) in [4.78, 5) is 14.4. The van der Waals surface area contributed by atoms with Crippen LogP contribution in [-0.4, -0.2) is 35.5 Å². The molecule has 1 aromatic heterocycles. The van der Waals surface area contributed by atoms with Crippen LogP contribution < -0.4 is 15.8 Å². The molecule has 118 valence electrons. The summed E-state index contributed by atoms with van der Waals surface area (Å²) >= 11 is 0. The van der Waals surface area contributed by atoms with Crippen molar-refractivity contribution in [3.63, 3.8) is 0 Å². The van der Waals surface area contributed by atoms with Crippen molar-refractivity contribution in [2.45, 2.75) is 58.5 Å². The van der Waals surface area contributed by atoms with Gasteiger partial charge >= 0.3 is 0 Å². The average molecular weight is 292 g/mol. The number of nitrogens with zero attached hydrogens (tertiary/aromatic N) is 3. The van der Waals surface area contributed by atoms with Crippen molar-refractivity contribution in [2.75, 3.05) is 24.5 Å². The van der Waals surface area contributed by atoms with Crippen molar-refractivity contribution in [2.24, 2.45) is 0 Å². The normalized spacial score (nSPS) is 16.4. The highest BCUT2D eigenvalue weighted by atomic mass is 16.1. The smallest absolute Gasteiger partial charge is 0.268 e. The van der Waals surface area contributed by atoms with Crippen LogP contribution in [0.4, 0.5) is 5.69 Å². The fourth-order valence-electron chi connectivity index (χ4n) is 2.97. The zero-order valence-corrected chi connectivity index (χ0v) is 13.3. The van der Waals surface area contributed by atoms with Crippen molar-refractivity contribution in [3.8, 4) is 0 Å². The summed E-state index contributed by atoms with van der Waals surface area (Å²) in [5.74, 6) is 0. The van der Waals surface area contributed by atoms with Crippen molar-refractivity contribution < 1.29 is 0 Å². The quantitative estimate of drug-likeness (QED) is 0.796. The second kappa shape index (κ2) is 8.17. The number of anilines is 1. The van der Waals surface area contributed by atoms with Gasteiger partial charge in [-0.15, -0.1) is 0 Å². The lowest BCUT2D eigenvalue weighted by Crippen LogP contribution is -2.29. The monoisotopic (exact) mass is 292 g/mol. The van der Waals surface area contributed by atoms with E-state index in [-0.39, 0.29) is 5.56 Å². The van der Waals surface area contributed by atoms with Crippen LogP contribution in [0.2, 0.25) is 0 Å². The second-order valence-electron chi connectivity index (χ2n) is 5.77. The van der Waals surface area contributed by atoms with Gasteiger partial charge in [0, 0.05) is 31.7 Å². The fraction of sp³-hybridized carbons (Fsp3) is 0.750. The SMILES string of the molecule is CCNC(CC)CCCn1ncc(N2CCCC2)cc1=O. The molecular weight excluding hydrogens is 264 g/mol. The first kappa shape index (κ1) is 16.0. The first-order chi connectivity index (χ1) is 10.2. The molecule has 2 rings (SSSR count). The molecule has 1 saturated heterocycles. The van der Waals surface area contributed by atoms with Gasteiger partial charge in [-0.1, -0.05) is 13.8 Å². The van der Waals surface area contributed by atoms with Crippen molar-refractivity contribution in [1.82, 2.24) is 15.1 Å². The summed E-state index contributed by atoms with van der Waals surface area (Å²) in [6.07, 6.45) is 7.48. The maximum absolute atomic E-state index is 12.1. The largest absolute Gasteiger partial charge is 0.370 e. The third-order valence-corrected chi connectivity index (χ3v) is 4.23. The molecule has 21 heavy (non-hydrogen) atoms. The molecule has 1 aromatic rings. The molecule has 1 aliphatic rings. The van der Waals surface area contributed by atoms with Gasteiger partial charge in [0.05, 0.1) is 11.9 Å². The van der Waals surface area contributed by atoms with Gasteiger partial charge in [-0.2, -0.15) is 5.10 Å². The van der Waals surface area contributed by atoms with Crippen LogP contribution in [0.3, 0.4) is 0 Å². The summed E-state index contributed by atoms with van der Waals surface area (Å²) in [6, 6.07) is 2.29. The first-order valence-corrected chi connectivity index (χ1v) is 8.30. The van der Waals surface area contributed by atoms with E-state index >= 15 is 0 Å². The predicted octanol–water partition coefficient (Wildman–Crippen LogP) is 2.01. The molecule has 5 heteroatoms. The molecule has 1 unspecified atom stereocenters. The van der Waals surface area contributed by atoms with Crippen molar-refractivity contribution in [3.05, 3.63) is 22.6 Å². The highest BCUT2D eigenvalue weighted by molar-refractivity contribution is 5.43. The number of aromatic nitrogens is 2. The van der Waals surface area contributed by atoms with E-state index in [1.165, 1.54) is 12.8 Å². The van der Waals surface area contributed by atoms with E-state index < -0.39 is 0 Å². The van der Waals surface area contributed by atoms with E-state index in [9.17, 15) is 4.79 Å². The Morgan fingerprint density at radius 1 is 1.33 bits per heavy atom. The van der Waals surface area contributed by atoms with Crippen LogP contribution in [0.15, 0.2) is 17.1 Å². The minimum Gasteiger partial charge on any atom is -0.370 e. The third-order valence-electron chi connectivity index (χ3n) is 4.23. The van der Waals surface area contributed by atoms with Gasteiger partial charge in [-0.05, 0) is 38.6 Å². The van der Waals surface area contributed by atoms with Crippen LogP contribution in [0.5, 0.6) is 0 Å². The first-order valence-electron chi connectivity index (χ1n) is 8.30. The molecule has 0 aliphatic carbocycles. The number of hydrogen-bond donors (Lipinski definition) is 1. The van der Waals surface area contributed by atoms with Gasteiger partial charge in [-0.3, -0.25) is 4.79 Å². The maximum Gasteiger partial charge on any atom is 0.268 e. The number of hydrogen-bond acceptors (Lipinski definition) is 4. The summed E-state index contributed by atoms with van der Waals surface area (Å²) < 4.78 is 1.60. The minimum atomic E-state index is 0.0240. The molecule has 5 nitrogen and oxygen atoms in total. The zero-order valence-electron chi connectivity index (χ0n) is 13.3. The fourth-order valence-corrected chi connectivity index (χ4v) is 2.97. The van der Waals surface area contributed by atoms with E-state index in [0.29, 0.717) is 12.6 Å². The third kappa shape index (κ3) is 4.56. The molecule has 0 spiro atoms. The Labute approximate surface area is 127 Å². The lowest BCUT2D eigenvalue weighted by atomic mass is 10.1. The highest BCUT2D eigenvalue weighted by Gasteiger charge is 2.13. The van der Waals surface area contributed by atoms with E-state index in [4.69, 9.17) is 0 Å². The molecule has 1 atom stereocenters. The van der Waals surface area contributed by atoms with E-state index in [0.717, 1.165) is 44.6 Å². The van der Waals surface area contributed by atoms with Gasteiger partial charge < -0.3 is 10.2 Å². The molecule has 1 fully saturated rings. The highest BCUT2D eigenvalue weighted by Crippen LogP contribution is 2.16. The summed E-state index contributed by atoms with van der Waals surface area (Å²) in [7, 11) is 0. The minimum absolute atomic E-state index is 0.0240. The Morgan fingerprint density at radius 3 is 2.71 bits per heavy atom. The summed E-state index contributed by atoms with van der Waals surface area (Å²) in [5, 5.41) is 7.80. The number of aryl methyl sites for hydroxylation is 1. The molecular formula is C16H28N4O. The maximum atomic E-state index is 12.1. The molecule has 0 radical (unpaired) electrons. The Bertz CT molecular complexity index is 479.